The summed E-state index contributed by atoms with van der Waals surface area (Å²) in [5, 5.41) is 37.2. The van der Waals surface area contributed by atoms with Gasteiger partial charge in [-0.1, -0.05) is 18.2 Å². The minimum Gasteiger partial charge on any atom is -0.493 e. The Morgan fingerprint density at radius 2 is 0.837 bits per heavy atom. The Morgan fingerprint density at radius 3 is 1.20 bits per heavy atom. The normalized spacial score (nSPS) is 20.4. The fraction of sp³-hybridized carbons (Fsp3) is 0.422. The number of aryl methyl sites for hydroxylation is 4. The molecule has 8 aliphatic rings. The van der Waals surface area contributed by atoms with Gasteiger partial charge in [-0.25, -0.2) is 45.9 Å². The third-order valence-electron chi connectivity index (χ3n) is 24.9. The first-order valence-corrected chi connectivity index (χ1v) is 44.1. The number of carbonyl (C=O) groups is 2. The molecule has 0 bridgehead atoms. The number of hydrogen-bond acceptors (Lipinski definition) is 21. The van der Waals surface area contributed by atoms with Crippen molar-refractivity contribution in [2.75, 3.05) is 46.3 Å². The van der Waals surface area contributed by atoms with Crippen LogP contribution < -0.4 is 24.3 Å². The molecule has 20 rings (SSSR count). The summed E-state index contributed by atoms with van der Waals surface area (Å²) in [4.78, 5) is 46.5. The highest BCUT2D eigenvalue weighted by molar-refractivity contribution is 7.88. The molecule has 1 fully saturated rings. The smallest absolute Gasteiger partial charge is 0.222 e. The van der Waals surface area contributed by atoms with Gasteiger partial charge in [-0.3, -0.25) is 27.2 Å². The first-order chi connectivity index (χ1) is 59.4. The maximum atomic E-state index is 14.5. The average Bonchev–Trinajstić information content (AvgIpc) is 1.77. The van der Waals surface area contributed by atoms with E-state index in [4.69, 9.17) is 28.9 Å². The van der Waals surface area contributed by atoms with Crippen molar-refractivity contribution in [3.63, 3.8) is 0 Å². The first kappa shape index (κ1) is 83.3. The second-order valence-electron chi connectivity index (χ2n) is 33.1. The summed E-state index contributed by atoms with van der Waals surface area (Å²) in [6.07, 6.45) is 32.4. The second kappa shape index (κ2) is 35.1. The highest BCUT2D eigenvalue weighted by atomic mass is 32.2. The standard InChI is InChI=1S/C24H26FN5O2.C23H26FN5O3S.C22H24FN5O.C21H22FN5O2/c1-14-10-17(11-15(2)30(14)16(3)31)20-12-26-23(29-13-27-28-24(20)29)7-4-18-19-8-9-32-22(19)6-5-21(18)25;1-14-10-16(11-15(2)29(14)33(3,30)31)19-12-25-22(28-13-26-27-23(19)28)7-4-17-18-8-9-32-21(18)6-5-20(17)24;1-13-9-15(10-14(2)26-13)18-11-24-21(28-12-25-27-22(18)28)6-3-16-17-7-8-29-20(17)5-4-19(16)23;1-26-8-6-13(10-20(26)28)16-11-23-19(27-12-24-25-21(16)27)5-2-14-15-7-9-29-18(15)4-3-17(14)22/h5-6,10,12-15H,4,7-9,11H2,1-3H3;5-6,10,12-15H,4,7-9,11H2,1-3H3;4-5,9,11-14,26H,3,6-8,10H2,1-2H3;3-4,11-13H,2,5-10H2,1H3. The number of sulfonamides is 1. The molecule has 8 aromatic heterocycles. The zero-order chi connectivity index (χ0) is 85.6. The van der Waals surface area contributed by atoms with Crippen molar-refractivity contribution < 1.29 is 54.5 Å². The number of fused-ring (bicyclic) bond motifs is 8. The molecule has 0 aliphatic carbocycles. The summed E-state index contributed by atoms with van der Waals surface area (Å²) in [5.41, 5.74) is 16.7. The topological polar surface area (TPSA) is 299 Å². The third kappa shape index (κ3) is 17.0. The molecule has 16 heterocycles. The molecule has 7 unspecified atom stereocenters. The Bertz CT molecular complexity index is 6300. The fourth-order valence-electron chi connectivity index (χ4n) is 19.3. The summed E-state index contributed by atoms with van der Waals surface area (Å²) in [5.74, 6) is 5.80. The SMILES string of the molecule is CC(=O)N1C(C)C=C(c2cnc(CCc3c(F)ccc4c3CCO4)n3cnnc23)CC1C.CC1C=C(c2cnc(CCc3c(F)ccc4c3CCO4)n3cnnc23)CC(C)N1.CC1C=C(c2cnc(CCc3c(F)ccc4c3CCO4)n3cnnc23)CC(C)N1S(C)(=O)=O.CN1CCC(c2cnc(CCc3c(F)ccc4c3CCO4)n3cnnc23)CC1=O. The predicted molar refractivity (Wildman–Crippen MR) is 452 cm³/mol. The number of rotatable bonds is 17. The first-order valence-electron chi connectivity index (χ1n) is 42.2. The molecule has 1 saturated heterocycles. The number of amides is 2. The molecule has 640 valence electrons. The van der Waals surface area contributed by atoms with Gasteiger partial charge in [-0.05, 0) is 186 Å². The van der Waals surface area contributed by atoms with Crippen molar-refractivity contribution in [1.82, 2.24) is 97.7 Å². The Morgan fingerprint density at radius 1 is 0.472 bits per heavy atom. The van der Waals surface area contributed by atoms with E-state index in [9.17, 15) is 35.6 Å². The van der Waals surface area contributed by atoms with Gasteiger partial charge in [0.05, 0.1) is 32.7 Å². The number of ether oxygens (including phenoxy) is 4. The summed E-state index contributed by atoms with van der Waals surface area (Å²) < 4.78 is 114. The Labute approximate surface area is 709 Å². The van der Waals surface area contributed by atoms with Crippen molar-refractivity contribution in [3.8, 4) is 23.0 Å². The van der Waals surface area contributed by atoms with Gasteiger partial charge in [-0.2, -0.15) is 4.31 Å². The molecular formula is C90H98F4N20O8S. The predicted octanol–water partition coefficient (Wildman–Crippen LogP) is 11.7. The molecule has 8 aliphatic heterocycles. The van der Waals surface area contributed by atoms with Crippen LogP contribution in [0.4, 0.5) is 17.6 Å². The molecule has 0 spiro atoms. The molecule has 28 nitrogen and oxygen atoms in total. The number of nitrogens with one attached hydrogen (secondary N) is 1. The zero-order valence-electron chi connectivity index (χ0n) is 70.3. The molecule has 2 amide bonds. The molecule has 7 atom stereocenters. The zero-order valence-corrected chi connectivity index (χ0v) is 71.1. The van der Waals surface area contributed by atoms with Gasteiger partial charge in [-0.15, -0.1) is 40.8 Å². The van der Waals surface area contributed by atoms with Crippen LogP contribution in [0.25, 0.3) is 39.3 Å². The molecule has 4 aromatic carbocycles. The highest BCUT2D eigenvalue weighted by Gasteiger charge is 2.36. The van der Waals surface area contributed by atoms with Crippen LogP contribution in [0, 0.1) is 23.3 Å². The molecule has 33 heteroatoms. The number of aromatic nitrogens is 16. The lowest BCUT2D eigenvalue weighted by molar-refractivity contribution is -0.133. The van der Waals surface area contributed by atoms with E-state index in [1.54, 1.807) is 67.6 Å². The number of nitrogens with zero attached hydrogens (tertiary/aromatic N) is 19. The van der Waals surface area contributed by atoms with Crippen molar-refractivity contribution in [2.24, 2.45) is 0 Å². The van der Waals surface area contributed by atoms with Crippen LogP contribution in [0.5, 0.6) is 23.0 Å². The summed E-state index contributed by atoms with van der Waals surface area (Å²) in [7, 11) is -1.48. The van der Waals surface area contributed by atoms with Gasteiger partial charge in [0.25, 0.3) is 0 Å². The molecular weight excluding hydrogens is 1600 g/mol. The van der Waals surface area contributed by atoms with E-state index in [-0.39, 0.29) is 65.2 Å². The van der Waals surface area contributed by atoms with Crippen LogP contribution in [-0.4, -0.2) is 195 Å². The summed E-state index contributed by atoms with van der Waals surface area (Å²) in [6.45, 7) is 16.9. The van der Waals surface area contributed by atoms with Crippen LogP contribution in [0.1, 0.15) is 177 Å². The third-order valence-corrected chi connectivity index (χ3v) is 26.4. The second-order valence-corrected chi connectivity index (χ2v) is 35.0. The minimum absolute atomic E-state index is 0.000678. The van der Waals surface area contributed by atoms with Crippen LogP contribution in [0.3, 0.4) is 0 Å². The molecule has 123 heavy (non-hydrogen) atoms. The van der Waals surface area contributed by atoms with E-state index in [1.165, 1.54) is 40.4 Å². The number of carbonyl (C=O) groups excluding carboxylic acids is 2. The summed E-state index contributed by atoms with van der Waals surface area (Å²) in [6, 6.07) is 13.1. The van der Waals surface area contributed by atoms with E-state index in [0.717, 1.165) is 170 Å². The van der Waals surface area contributed by atoms with E-state index < -0.39 is 10.0 Å². The van der Waals surface area contributed by atoms with E-state index >= 15 is 0 Å². The van der Waals surface area contributed by atoms with Crippen LogP contribution in [-0.2, 0) is 96.7 Å². The number of benzene rings is 4. The largest absolute Gasteiger partial charge is 0.493 e. The number of likely N-dealkylation sites (tertiary alicyclic amines) is 1. The highest BCUT2D eigenvalue weighted by Crippen LogP contribution is 2.40. The lowest BCUT2D eigenvalue weighted by Gasteiger charge is -2.37. The number of piperidine rings is 1. The molecule has 0 radical (unpaired) electrons. The Hall–Kier alpha value is -12.0. The van der Waals surface area contributed by atoms with Crippen LogP contribution >= 0.6 is 0 Å². The van der Waals surface area contributed by atoms with Gasteiger partial charge in [0.1, 0.15) is 94.9 Å². The Balaban J connectivity index is 0.000000117. The van der Waals surface area contributed by atoms with Crippen LogP contribution in [0.2, 0.25) is 0 Å². The van der Waals surface area contributed by atoms with Gasteiger partial charge in [0.15, 0.2) is 22.6 Å². The van der Waals surface area contributed by atoms with Gasteiger partial charge in [0.2, 0.25) is 21.8 Å². The molecule has 0 saturated carbocycles. The maximum Gasteiger partial charge on any atom is 0.222 e. The lowest BCUT2D eigenvalue weighted by atomic mass is 9.90. The van der Waals surface area contributed by atoms with E-state index in [1.807, 2.05) is 75.0 Å². The molecule has 1 N–H and O–H groups in total. The molecule has 12 aromatic rings. The van der Waals surface area contributed by atoms with E-state index in [2.05, 4.69) is 89.0 Å². The maximum absolute atomic E-state index is 14.5. The van der Waals surface area contributed by atoms with Crippen LogP contribution in [0.15, 0.2) is 117 Å². The van der Waals surface area contributed by atoms with Gasteiger partial charge in [0, 0.05) is 184 Å². The van der Waals surface area contributed by atoms with Crippen molar-refractivity contribution in [1.29, 1.82) is 0 Å². The number of hydrogen-bond donors (Lipinski definition) is 1. The van der Waals surface area contributed by atoms with Crippen molar-refractivity contribution in [3.05, 3.63) is 230 Å². The van der Waals surface area contributed by atoms with E-state index in [0.29, 0.717) is 131 Å². The van der Waals surface area contributed by atoms with Gasteiger partial charge < -0.3 is 34.1 Å². The van der Waals surface area contributed by atoms with Crippen molar-refractivity contribution in [2.45, 2.75) is 200 Å². The minimum atomic E-state index is -3.31. The quantitative estimate of drug-likeness (QED) is 0.0828. The number of halogens is 4. The van der Waals surface area contributed by atoms with Gasteiger partial charge >= 0.3 is 0 Å². The Kier molecular flexibility index (Phi) is 23.8. The van der Waals surface area contributed by atoms with Crippen molar-refractivity contribution >= 4 is 61.1 Å². The fourth-order valence-corrected chi connectivity index (χ4v) is 20.7. The summed E-state index contributed by atoms with van der Waals surface area (Å²) >= 11 is 0. The lowest BCUT2D eigenvalue weighted by Crippen LogP contribution is -2.45. The monoisotopic (exact) mass is 1690 g/mol. The average molecular weight is 1700 g/mol.